The Morgan fingerprint density at radius 2 is 2.11 bits per heavy atom. The topological polar surface area (TPSA) is 41.3 Å². The van der Waals surface area contributed by atoms with Crippen LogP contribution in [0.1, 0.15) is 24.3 Å². The largest absolute Gasteiger partial charge is 0.326 e. The highest BCUT2D eigenvalue weighted by molar-refractivity contribution is 5.27. The van der Waals surface area contributed by atoms with Crippen molar-refractivity contribution in [2.75, 3.05) is 26.2 Å². The second-order valence-corrected chi connectivity index (χ2v) is 5.66. The molecule has 1 aromatic carbocycles. The zero-order valence-corrected chi connectivity index (χ0v) is 10.9. The third-order valence-corrected chi connectivity index (χ3v) is 4.16. The van der Waals surface area contributed by atoms with Crippen LogP contribution in [0.15, 0.2) is 30.3 Å². The zero-order chi connectivity index (χ0) is 12.4. The Labute approximate surface area is 109 Å². The third kappa shape index (κ3) is 2.91. The van der Waals surface area contributed by atoms with Crippen LogP contribution in [0.25, 0.3) is 0 Å². The summed E-state index contributed by atoms with van der Waals surface area (Å²) in [6.07, 6.45) is 2.46. The second-order valence-electron chi connectivity index (χ2n) is 5.66. The van der Waals surface area contributed by atoms with Crippen LogP contribution in [0.2, 0.25) is 0 Å². The van der Waals surface area contributed by atoms with Crippen molar-refractivity contribution in [3.8, 4) is 0 Å². The molecule has 98 valence electrons. The lowest BCUT2D eigenvalue weighted by atomic mass is 10.1. The number of nitrogens with zero attached hydrogens (tertiary/aromatic N) is 1. The van der Waals surface area contributed by atoms with E-state index in [1.165, 1.54) is 18.5 Å². The lowest BCUT2D eigenvalue weighted by Gasteiger charge is -2.15. The number of hydrogen-bond acceptors (Lipinski definition) is 3. The van der Waals surface area contributed by atoms with Gasteiger partial charge >= 0.3 is 0 Å². The van der Waals surface area contributed by atoms with Gasteiger partial charge in [0.05, 0.1) is 0 Å². The van der Waals surface area contributed by atoms with E-state index in [0.29, 0.717) is 12.1 Å². The van der Waals surface area contributed by atoms with Gasteiger partial charge in [-0.05, 0) is 24.9 Å². The molecular formula is C15H23N3. The highest BCUT2D eigenvalue weighted by Gasteiger charge is 2.37. The van der Waals surface area contributed by atoms with Gasteiger partial charge in [0.15, 0.2) is 0 Å². The first-order valence-electron chi connectivity index (χ1n) is 7.09. The molecule has 0 bridgehead atoms. The van der Waals surface area contributed by atoms with Crippen molar-refractivity contribution >= 4 is 0 Å². The molecule has 2 fully saturated rings. The highest BCUT2D eigenvalue weighted by Crippen LogP contribution is 2.40. The standard InChI is InChI=1S/C15H23N3/c16-13-6-8-18(11-13)9-7-17-15-10-14(15)12-4-2-1-3-5-12/h1-5,13-15,17H,6-11,16H2/t13-,14+,15-/m1/s1. The van der Waals surface area contributed by atoms with Crippen LogP contribution in [0, 0.1) is 0 Å². The van der Waals surface area contributed by atoms with E-state index in [0.717, 1.165) is 32.0 Å². The summed E-state index contributed by atoms with van der Waals surface area (Å²) in [7, 11) is 0. The number of rotatable bonds is 5. The summed E-state index contributed by atoms with van der Waals surface area (Å²) < 4.78 is 0. The summed E-state index contributed by atoms with van der Waals surface area (Å²) in [5.74, 6) is 0.743. The van der Waals surface area contributed by atoms with Gasteiger partial charge in [0, 0.05) is 37.6 Å². The predicted octanol–water partition coefficient (Wildman–Crippen LogP) is 1.17. The summed E-state index contributed by atoms with van der Waals surface area (Å²) >= 11 is 0. The minimum absolute atomic E-state index is 0.406. The second kappa shape index (κ2) is 5.39. The summed E-state index contributed by atoms with van der Waals surface area (Å²) in [6, 6.07) is 11.9. The molecule has 0 aromatic heterocycles. The van der Waals surface area contributed by atoms with Crippen molar-refractivity contribution in [2.45, 2.75) is 30.8 Å². The quantitative estimate of drug-likeness (QED) is 0.818. The van der Waals surface area contributed by atoms with Gasteiger partial charge in [-0.2, -0.15) is 0 Å². The highest BCUT2D eigenvalue weighted by atomic mass is 15.2. The molecule has 0 spiro atoms. The summed E-state index contributed by atoms with van der Waals surface area (Å²) in [4.78, 5) is 2.47. The maximum Gasteiger partial charge on any atom is 0.0180 e. The SMILES string of the molecule is N[C@@H]1CCN(CCN[C@@H]2C[C@H]2c2ccccc2)C1. The van der Waals surface area contributed by atoms with Gasteiger partial charge in [-0.3, -0.25) is 0 Å². The van der Waals surface area contributed by atoms with Crippen LogP contribution in [0.5, 0.6) is 0 Å². The van der Waals surface area contributed by atoms with E-state index in [1.54, 1.807) is 0 Å². The average molecular weight is 245 g/mol. The van der Waals surface area contributed by atoms with Crippen molar-refractivity contribution in [3.05, 3.63) is 35.9 Å². The minimum Gasteiger partial charge on any atom is -0.326 e. The Balaban J connectivity index is 1.36. The smallest absolute Gasteiger partial charge is 0.0180 e. The van der Waals surface area contributed by atoms with Crippen molar-refractivity contribution in [1.29, 1.82) is 0 Å². The molecule has 1 aliphatic carbocycles. The van der Waals surface area contributed by atoms with Crippen LogP contribution in [-0.2, 0) is 0 Å². The number of benzene rings is 1. The van der Waals surface area contributed by atoms with Crippen molar-refractivity contribution in [3.63, 3.8) is 0 Å². The Morgan fingerprint density at radius 1 is 1.28 bits per heavy atom. The fourth-order valence-corrected chi connectivity index (χ4v) is 2.96. The summed E-state index contributed by atoms with van der Waals surface area (Å²) in [5, 5.41) is 3.66. The van der Waals surface area contributed by atoms with Crippen LogP contribution < -0.4 is 11.1 Å². The Bertz CT molecular complexity index is 379. The van der Waals surface area contributed by atoms with E-state index in [-0.39, 0.29) is 0 Å². The molecule has 1 saturated heterocycles. The Kier molecular flexibility index (Phi) is 3.64. The van der Waals surface area contributed by atoms with Crippen LogP contribution in [0.4, 0.5) is 0 Å². The van der Waals surface area contributed by atoms with Crippen LogP contribution in [0.3, 0.4) is 0 Å². The Hall–Kier alpha value is -0.900. The zero-order valence-electron chi connectivity index (χ0n) is 10.9. The Morgan fingerprint density at radius 3 is 2.83 bits per heavy atom. The molecule has 3 heteroatoms. The number of nitrogens with two attached hydrogens (primary N) is 1. The molecule has 3 atom stereocenters. The first-order chi connectivity index (χ1) is 8.83. The van der Waals surface area contributed by atoms with Gasteiger partial charge in [0.25, 0.3) is 0 Å². The maximum absolute atomic E-state index is 5.90. The van der Waals surface area contributed by atoms with E-state index < -0.39 is 0 Å². The van der Waals surface area contributed by atoms with Gasteiger partial charge in [-0.15, -0.1) is 0 Å². The van der Waals surface area contributed by atoms with Crippen LogP contribution >= 0.6 is 0 Å². The molecule has 3 rings (SSSR count). The maximum atomic E-state index is 5.90. The fraction of sp³-hybridized carbons (Fsp3) is 0.600. The van der Waals surface area contributed by atoms with Crippen molar-refractivity contribution in [1.82, 2.24) is 10.2 Å². The molecule has 1 heterocycles. The van der Waals surface area contributed by atoms with E-state index in [4.69, 9.17) is 5.73 Å². The molecule has 18 heavy (non-hydrogen) atoms. The first kappa shape index (κ1) is 12.2. The monoisotopic (exact) mass is 245 g/mol. The molecule has 1 aromatic rings. The van der Waals surface area contributed by atoms with Gasteiger partial charge in [0.2, 0.25) is 0 Å². The van der Waals surface area contributed by atoms with Crippen LogP contribution in [-0.4, -0.2) is 43.2 Å². The molecule has 1 aliphatic heterocycles. The van der Waals surface area contributed by atoms with E-state index in [2.05, 4.69) is 40.5 Å². The van der Waals surface area contributed by atoms with Gasteiger partial charge in [-0.25, -0.2) is 0 Å². The molecule has 3 nitrogen and oxygen atoms in total. The summed E-state index contributed by atoms with van der Waals surface area (Å²) in [5.41, 5.74) is 7.39. The molecule has 0 unspecified atom stereocenters. The van der Waals surface area contributed by atoms with Crippen molar-refractivity contribution in [2.24, 2.45) is 5.73 Å². The predicted molar refractivity (Wildman–Crippen MR) is 74.6 cm³/mol. The normalized spacial score (nSPS) is 31.7. The molecule has 2 aliphatic rings. The molecule has 0 radical (unpaired) electrons. The lowest BCUT2D eigenvalue weighted by Crippen LogP contribution is -2.33. The van der Waals surface area contributed by atoms with Gasteiger partial charge in [0.1, 0.15) is 0 Å². The lowest BCUT2D eigenvalue weighted by molar-refractivity contribution is 0.331. The van der Waals surface area contributed by atoms with Crippen molar-refractivity contribution < 1.29 is 0 Å². The van der Waals surface area contributed by atoms with Gasteiger partial charge in [-0.1, -0.05) is 30.3 Å². The molecule has 3 N–H and O–H groups in total. The number of hydrogen-bond donors (Lipinski definition) is 2. The van der Waals surface area contributed by atoms with E-state index in [9.17, 15) is 0 Å². The molecule has 1 saturated carbocycles. The fourth-order valence-electron chi connectivity index (χ4n) is 2.96. The number of likely N-dealkylation sites (tertiary alicyclic amines) is 1. The van der Waals surface area contributed by atoms with E-state index >= 15 is 0 Å². The minimum atomic E-state index is 0.406. The van der Waals surface area contributed by atoms with Gasteiger partial charge < -0.3 is 16.0 Å². The molecule has 0 amide bonds. The average Bonchev–Trinajstić information content (AvgIpc) is 3.05. The first-order valence-corrected chi connectivity index (χ1v) is 7.09. The molecular weight excluding hydrogens is 222 g/mol. The summed E-state index contributed by atoms with van der Waals surface area (Å²) in [6.45, 7) is 4.50. The van der Waals surface area contributed by atoms with E-state index in [1.807, 2.05) is 0 Å². The number of nitrogens with one attached hydrogen (secondary N) is 1. The third-order valence-electron chi connectivity index (χ3n) is 4.16.